The monoisotopic (exact) mass is 278 g/mol. The molecule has 0 bridgehead atoms. The van der Waals surface area contributed by atoms with Crippen molar-refractivity contribution in [2.45, 2.75) is 25.7 Å². The number of nitrogens with two attached hydrogens (primary N) is 2. The first kappa shape index (κ1) is 16.1. The summed E-state index contributed by atoms with van der Waals surface area (Å²) < 4.78 is 0. The van der Waals surface area contributed by atoms with Crippen LogP contribution in [0.5, 0.6) is 0 Å². The fraction of sp³-hybridized carbons (Fsp3) is 0.429. The van der Waals surface area contributed by atoms with Gasteiger partial charge in [-0.05, 0) is 44.1 Å². The lowest BCUT2D eigenvalue weighted by Gasteiger charge is -2.08. The van der Waals surface area contributed by atoms with Crippen molar-refractivity contribution in [3.05, 3.63) is 24.3 Å². The third-order valence-electron chi connectivity index (χ3n) is 2.65. The van der Waals surface area contributed by atoms with Gasteiger partial charge >= 0.3 is 0 Å². The van der Waals surface area contributed by atoms with Gasteiger partial charge in [-0.1, -0.05) is 6.07 Å². The van der Waals surface area contributed by atoms with Gasteiger partial charge in [-0.15, -0.1) is 0 Å². The maximum absolute atomic E-state index is 11.6. The van der Waals surface area contributed by atoms with Gasteiger partial charge < -0.3 is 22.1 Å². The number of amides is 2. The minimum absolute atomic E-state index is 0.0814. The lowest BCUT2D eigenvalue weighted by atomic mass is 10.2. The zero-order valence-electron chi connectivity index (χ0n) is 11.5. The highest BCUT2D eigenvalue weighted by Gasteiger charge is 2.04. The van der Waals surface area contributed by atoms with Gasteiger partial charge in [-0.3, -0.25) is 9.59 Å². The second-order valence-corrected chi connectivity index (χ2v) is 4.46. The van der Waals surface area contributed by atoms with Crippen LogP contribution in [0.4, 0.5) is 11.4 Å². The molecule has 0 spiro atoms. The summed E-state index contributed by atoms with van der Waals surface area (Å²) in [7, 11) is 0. The number of hydrogen-bond donors (Lipinski definition) is 4. The Balaban J connectivity index is 2.52. The minimum atomic E-state index is -0.0814. The molecule has 0 radical (unpaired) electrons. The van der Waals surface area contributed by atoms with Crippen molar-refractivity contribution < 1.29 is 9.59 Å². The molecule has 110 valence electrons. The van der Waals surface area contributed by atoms with Crippen molar-refractivity contribution in [3.8, 4) is 0 Å². The molecule has 1 aromatic rings. The van der Waals surface area contributed by atoms with Gasteiger partial charge in [0.1, 0.15) is 0 Å². The van der Waals surface area contributed by atoms with E-state index in [9.17, 15) is 9.59 Å². The number of rotatable bonds is 8. The molecule has 0 fully saturated rings. The lowest BCUT2D eigenvalue weighted by molar-refractivity contribution is -0.117. The maximum atomic E-state index is 11.6. The Bertz CT molecular complexity index is 411. The van der Waals surface area contributed by atoms with Crippen molar-refractivity contribution in [1.82, 2.24) is 0 Å². The van der Waals surface area contributed by atoms with Gasteiger partial charge in [0.25, 0.3) is 0 Å². The smallest absolute Gasteiger partial charge is 0.224 e. The molecule has 1 rings (SSSR count). The summed E-state index contributed by atoms with van der Waals surface area (Å²) in [5, 5.41) is 5.54. The molecule has 20 heavy (non-hydrogen) atoms. The van der Waals surface area contributed by atoms with Gasteiger partial charge in [-0.2, -0.15) is 0 Å². The standard InChI is InChI=1S/C14H22N4O2/c15-8-2-6-13(19)17-11-4-1-5-12(10-11)18-14(20)7-3-9-16/h1,4-5,10H,2-3,6-9,15-16H2,(H,17,19)(H,18,20). The molecule has 6 N–H and O–H groups in total. The van der Waals surface area contributed by atoms with E-state index < -0.39 is 0 Å². The molecular formula is C14H22N4O2. The summed E-state index contributed by atoms with van der Waals surface area (Å²) >= 11 is 0. The third kappa shape index (κ3) is 6.31. The number of carbonyl (C=O) groups is 2. The Morgan fingerprint density at radius 1 is 0.900 bits per heavy atom. The highest BCUT2D eigenvalue weighted by Crippen LogP contribution is 2.15. The number of carbonyl (C=O) groups excluding carboxylic acids is 2. The number of nitrogens with one attached hydrogen (secondary N) is 2. The SMILES string of the molecule is NCCCC(=O)Nc1cccc(NC(=O)CCCN)c1. The molecule has 2 amide bonds. The summed E-state index contributed by atoms with van der Waals surface area (Å²) in [6.07, 6.45) is 2.09. The highest BCUT2D eigenvalue weighted by atomic mass is 16.2. The van der Waals surface area contributed by atoms with Gasteiger partial charge in [-0.25, -0.2) is 0 Å². The van der Waals surface area contributed by atoms with E-state index in [0.717, 1.165) is 0 Å². The molecule has 1 aromatic carbocycles. The van der Waals surface area contributed by atoms with Crippen LogP contribution < -0.4 is 22.1 Å². The van der Waals surface area contributed by atoms with E-state index in [4.69, 9.17) is 11.5 Å². The zero-order valence-corrected chi connectivity index (χ0v) is 11.5. The molecule has 0 saturated heterocycles. The van der Waals surface area contributed by atoms with Crippen LogP contribution in [-0.4, -0.2) is 24.9 Å². The number of anilines is 2. The lowest BCUT2D eigenvalue weighted by Crippen LogP contribution is -2.15. The average Bonchev–Trinajstić information content (AvgIpc) is 2.43. The van der Waals surface area contributed by atoms with Crippen LogP contribution >= 0.6 is 0 Å². The fourth-order valence-electron chi connectivity index (χ4n) is 1.65. The Hall–Kier alpha value is -1.92. The molecule has 0 aromatic heterocycles. The third-order valence-corrected chi connectivity index (χ3v) is 2.65. The van der Waals surface area contributed by atoms with E-state index in [-0.39, 0.29) is 11.8 Å². The maximum Gasteiger partial charge on any atom is 0.224 e. The van der Waals surface area contributed by atoms with Crippen LogP contribution in [0, 0.1) is 0 Å². The highest BCUT2D eigenvalue weighted by molar-refractivity contribution is 5.94. The van der Waals surface area contributed by atoms with E-state index in [1.54, 1.807) is 24.3 Å². The largest absolute Gasteiger partial charge is 0.330 e. The average molecular weight is 278 g/mol. The van der Waals surface area contributed by atoms with E-state index in [0.29, 0.717) is 50.1 Å². The molecular weight excluding hydrogens is 256 g/mol. The summed E-state index contributed by atoms with van der Waals surface area (Å²) in [4.78, 5) is 23.2. The minimum Gasteiger partial charge on any atom is -0.330 e. The van der Waals surface area contributed by atoms with E-state index in [1.165, 1.54) is 0 Å². The van der Waals surface area contributed by atoms with Gasteiger partial charge in [0.15, 0.2) is 0 Å². The number of hydrogen-bond acceptors (Lipinski definition) is 4. The van der Waals surface area contributed by atoms with Gasteiger partial charge in [0, 0.05) is 24.2 Å². The van der Waals surface area contributed by atoms with Gasteiger partial charge in [0.2, 0.25) is 11.8 Å². The molecule has 0 heterocycles. The van der Waals surface area contributed by atoms with Crippen molar-refractivity contribution in [1.29, 1.82) is 0 Å². The van der Waals surface area contributed by atoms with Crippen LogP contribution in [0.3, 0.4) is 0 Å². The first-order valence-corrected chi connectivity index (χ1v) is 6.75. The predicted octanol–water partition coefficient (Wildman–Crippen LogP) is 1.04. The molecule has 6 nitrogen and oxygen atoms in total. The molecule has 6 heteroatoms. The molecule has 0 aliphatic heterocycles. The van der Waals surface area contributed by atoms with E-state index >= 15 is 0 Å². The van der Waals surface area contributed by atoms with Crippen LogP contribution in [-0.2, 0) is 9.59 Å². The second kappa shape index (κ2) is 9.06. The van der Waals surface area contributed by atoms with Crippen molar-refractivity contribution in [2.24, 2.45) is 11.5 Å². The van der Waals surface area contributed by atoms with Crippen molar-refractivity contribution in [2.75, 3.05) is 23.7 Å². The summed E-state index contributed by atoms with van der Waals surface area (Å²) in [5.74, 6) is -0.163. The Morgan fingerprint density at radius 3 is 1.75 bits per heavy atom. The summed E-state index contributed by atoms with van der Waals surface area (Å²) in [6.45, 7) is 0.981. The quantitative estimate of drug-likeness (QED) is 0.569. The van der Waals surface area contributed by atoms with Crippen molar-refractivity contribution in [3.63, 3.8) is 0 Å². The summed E-state index contributed by atoms with van der Waals surface area (Å²) in [6, 6.07) is 7.05. The molecule has 0 aliphatic carbocycles. The fourth-order valence-corrected chi connectivity index (χ4v) is 1.65. The van der Waals surface area contributed by atoms with Crippen molar-refractivity contribution >= 4 is 23.2 Å². The molecule has 0 aliphatic rings. The van der Waals surface area contributed by atoms with E-state index in [2.05, 4.69) is 10.6 Å². The van der Waals surface area contributed by atoms with Crippen LogP contribution in [0.15, 0.2) is 24.3 Å². The first-order chi connectivity index (χ1) is 9.65. The van der Waals surface area contributed by atoms with Crippen LogP contribution in [0.1, 0.15) is 25.7 Å². The molecule has 0 saturated carbocycles. The molecule has 0 atom stereocenters. The summed E-state index contributed by atoms with van der Waals surface area (Å²) in [5.41, 5.74) is 12.0. The van der Waals surface area contributed by atoms with Crippen LogP contribution in [0.25, 0.3) is 0 Å². The Morgan fingerprint density at radius 2 is 1.35 bits per heavy atom. The second-order valence-electron chi connectivity index (χ2n) is 4.46. The Labute approximate surface area is 118 Å². The first-order valence-electron chi connectivity index (χ1n) is 6.75. The predicted molar refractivity (Wildman–Crippen MR) is 80.3 cm³/mol. The van der Waals surface area contributed by atoms with E-state index in [1.807, 2.05) is 0 Å². The Kier molecular flexibility index (Phi) is 7.31. The number of benzene rings is 1. The normalized spacial score (nSPS) is 10.1. The van der Waals surface area contributed by atoms with Gasteiger partial charge in [0.05, 0.1) is 0 Å². The van der Waals surface area contributed by atoms with Crippen LogP contribution in [0.2, 0.25) is 0 Å². The topological polar surface area (TPSA) is 110 Å². The zero-order chi connectivity index (χ0) is 14.8. The molecule has 0 unspecified atom stereocenters.